The third kappa shape index (κ3) is 3.21. The third-order valence-electron chi connectivity index (χ3n) is 3.12. The second-order valence-electron chi connectivity index (χ2n) is 4.61. The number of primary amides is 1. The third-order valence-corrected chi connectivity index (χ3v) is 3.12. The zero-order valence-electron chi connectivity index (χ0n) is 11.6. The molecule has 0 bridgehead atoms. The minimum absolute atomic E-state index is 0.147. The highest BCUT2D eigenvalue weighted by Crippen LogP contribution is 2.20. The van der Waals surface area contributed by atoms with Gasteiger partial charge in [0.05, 0.1) is 12.7 Å². The quantitative estimate of drug-likeness (QED) is 0.841. The Morgan fingerprint density at radius 2 is 2.05 bits per heavy atom. The van der Waals surface area contributed by atoms with Gasteiger partial charge in [-0.05, 0) is 18.9 Å². The lowest BCUT2D eigenvalue weighted by atomic mass is 10.1. The predicted octanol–water partition coefficient (Wildman–Crippen LogP) is 1.89. The molecule has 0 spiro atoms. The molecule has 3 N–H and O–H groups in total. The van der Waals surface area contributed by atoms with Crippen LogP contribution in [0.3, 0.4) is 0 Å². The van der Waals surface area contributed by atoms with Crippen molar-refractivity contribution in [3.8, 4) is 11.3 Å². The fourth-order valence-corrected chi connectivity index (χ4v) is 1.72. The Balaban J connectivity index is 2.12. The number of aromatic amines is 1. The maximum atomic E-state index is 11.2. The highest BCUT2D eigenvalue weighted by molar-refractivity contribution is 5.96. The zero-order chi connectivity index (χ0) is 14.5. The van der Waals surface area contributed by atoms with Crippen LogP contribution in [0.1, 0.15) is 36.3 Å². The lowest BCUT2D eigenvalue weighted by molar-refractivity contribution is 0.0508. The highest BCUT2D eigenvalue weighted by Gasteiger charge is 2.14. The Labute approximate surface area is 117 Å². The predicted molar refractivity (Wildman–Crippen MR) is 74.9 cm³/mol. The molecule has 6 heteroatoms. The highest BCUT2D eigenvalue weighted by atomic mass is 16.5. The van der Waals surface area contributed by atoms with E-state index in [1.807, 2.05) is 31.2 Å². The first-order valence-corrected chi connectivity index (χ1v) is 6.53. The molecule has 20 heavy (non-hydrogen) atoms. The molecule has 1 unspecified atom stereocenters. The van der Waals surface area contributed by atoms with Gasteiger partial charge in [-0.25, -0.2) is 0 Å². The topological polar surface area (TPSA) is 93.9 Å². The Morgan fingerprint density at radius 1 is 1.35 bits per heavy atom. The zero-order valence-corrected chi connectivity index (χ0v) is 11.6. The average molecular weight is 274 g/mol. The van der Waals surface area contributed by atoms with Crippen LogP contribution in [0.4, 0.5) is 0 Å². The summed E-state index contributed by atoms with van der Waals surface area (Å²) in [5.41, 5.74) is 7.71. The summed E-state index contributed by atoms with van der Waals surface area (Å²) in [5, 5.41) is 10.1. The van der Waals surface area contributed by atoms with Crippen molar-refractivity contribution in [2.45, 2.75) is 33.0 Å². The second-order valence-corrected chi connectivity index (χ2v) is 4.61. The van der Waals surface area contributed by atoms with Gasteiger partial charge < -0.3 is 10.5 Å². The van der Waals surface area contributed by atoms with Crippen molar-refractivity contribution in [1.29, 1.82) is 0 Å². The summed E-state index contributed by atoms with van der Waals surface area (Å²) < 4.78 is 5.66. The van der Waals surface area contributed by atoms with E-state index >= 15 is 0 Å². The molecule has 1 atom stereocenters. The summed E-state index contributed by atoms with van der Waals surface area (Å²) in [6.45, 7) is 4.70. The van der Waals surface area contributed by atoms with Crippen LogP contribution in [0.5, 0.6) is 0 Å². The van der Waals surface area contributed by atoms with Gasteiger partial charge in [0.15, 0.2) is 5.69 Å². The molecule has 1 aromatic carbocycles. The van der Waals surface area contributed by atoms with Gasteiger partial charge in [-0.2, -0.15) is 15.4 Å². The van der Waals surface area contributed by atoms with Gasteiger partial charge >= 0.3 is 0 Å². The summed E-state index contributed by atoms with van der Waals surface area (Å²) in [5.74, 6) is -0.599. The largest absolute Gasteiger partial charge is 0.374 e. The molecule has 6 nitrogen and oxygen atoms in total. The average Bonchev–Trinajstić information content (AvgIpc) is 2.95. The smallest absolute Gasteiger partial charge is 0.271 e. The molecule has 2 rings (SSSR count). The molecule has 0 radical (unpaired) electrons. The molecule has 0 aliphatic heterocycles. The molecule has 1 heterocycles. The molecule has 1 aromatic heterocycles. The summed E-state index contributed by atoms with van der Waals surface area (Å²) in [6, 6.07) is 7.63. The number of amides is 1. The number of hydrogen-bond donors (Lipinski definition) is 2. The van der Waals surface area contributed by atoms with Gasteiger partial charge in [-0.1, -0.05) is 31.2 Å². The normalized spacial score (nSPS) is 12.3. The number of H-pyrrole nitrogens is 1. The standard InChI is InChI=1S/C14H18N4O2/c1-3-9(2)20-8-10-4-6-11(7-5-10)12-13(14(15)19)17-18-16-12/h4-7,9H,3,8H2,1-2H3,(H2,15,19)(H,16,17,18). The number of nitrogens with one attached hydrogen (secondary N) is 1. The molecule has 0 fully saturated rings. The fourth-order valence-electron chi connectivity index (χ4n) is 1.72. The van der Waals surface area contributed by atoms with Crippen LogP contribution >= 0.6 is 0 Å². The SMILES string of the molecule is CCC(C)OCc1ccc(-c2n[nH]nc2C(N)=O)cc1. The Morgan fingerprint density at radius 3 is 2.65 bits per heavy atom. The number of rotatable bonds is 6. The van der Waals surface area contributed by atoms with E-state index in [0.29, 0.717) is 12.3 Å². The van der Waals surface area contributed by atoms with Crippen LogP contribution in [-0.2, 0) is 11.3 Å². The summed E-state index contributed by atoms with van der Waals surface area (Å²) >= 11 is 0. The van der Waals surface area contributed by atoms with E-state index in [0.717, 1.165) is 17.5 Å². The number of aromatic nitrogens is 3. The van der Waals surface area contributed by atoms with Crippen LogP contribution in [0, 0.1) is 0 Å². The first-order valence-electron chi connectivity index (χ1n) is 6.53. The fraction of sp³-hybridized carbons (Fsp3) is 0.357. The first-order chi connectivity index (χ1) is 9.61. The number of benzene rings is 1. The van der Waals surface area contributed by atoms with Crippen LogP contribution in [0.25, 0.3) is 11.3 Å². The van der Waals surface area contributed by atoms with Crippen LogP contribution in [-0.4, -0.2) is 27.4 Å². The molecular weight excluding hydrogens is 256 g/mol. The molecular formula is C14H18N4O2. The van der Waals surface area contributed by atoms with Crippen LogP contribution in [0.15, 0.2) is 24.3 Å². The monoisotopic (exact) mass is 274 g/mol. The molecule has 0 aliphatic rings. The number of nitrogens with zero attached hydrogens (tertiary/aromatic N) is 2. The van der Waals surface area contributed by atoms with Gasteiger partial charge in [0.25, 0.3) is 5.91 Å². The summed E-state index contributed by atoms with van der Waals surface area (Å²) in [6.07, 6.45) is 1.23. The number of ether oxygens (including phenoxy) is 1. The molecule has 0 saturated heterocycles. The van der Waals surface area contributed by atoms with Crippen molar-refractivity contribution in [2.75, 3.05) is 0 Å². The Bertz CT molecular complexity index is 577. The lowest BCUT2D eigenvalue weighted by Gasteiger charge is -2.10. The van der Waals surface area contributed by atoms with Crippen molar-refractivity contribution in [1.82, 2.24) is 15.4 Å². The van der Waals surface area contributed by atoms with Crippen molar-refractivity contribution < 1.29 is 9.53 Å². The molecule has 2 aromatic rings. The second kappa shape index (κ2) is 6.29. The number of carbonyl (C=O) groups excluding carboxylic acids is 1. The molecule has 106 valence electrons. The Kier molecular flexibility index (Phi) is 4.47. The lowest BCUT2D eigenvalue weighted by Crippen LogP contribution is -2.12. The van der Waals surface area contributed by atoms with Gasteiger partial charge in [0.1, 0.15) is 5.69 Å². The van der Waals surface area contributed by atoms with Crippen LogP contribution < -0.4 is 5.73 Å². The van der Waals surface area contributed by atoms with Crippen molar-refractivity contribution in [3.63, 3.8) is 0 Å². The van der Waals surface area contributed by atoms with Crippen molar-refractivity contribution >= 4 is 5.91 Å². The molecule has 0 aliphatic carbocycles. The first kappa shape index (κ1) is 14.2. The van der Waals surface area contributed by atoms with Crippen molar-refractivity contribution in [2.24, 2.45) is 5.73 Å². The van der Waals surface area contributed by atoms with E-state index < -0.39 is 5.91 Å². The summed E-state index contributed by atoms with van der Waals surface area (Å²) in [7, 11) is 0. The van der Waals surface area contributed by atoms with Gasteiger partial charge in [0, 0.05) is 5.56 Å². The minimum atomic E-state index is -0.599. The van der Waals surface area contributed by atoms with E-state index in [-0.39, 0.29) is 11.8 Å². The molecule has 0 saturated carbocycles. The van der Waals surface area contributed by atoms with E-state index in [2.05, 4.69) is 22.3 Å². The van der Waals surface area contributed by atoms with Gasteiger partial charge in [-0.3, -0.25) is 4.79 Å². The maximum Gasteiger partial charge on any atom is 0.271 e. The van der Waals surface area contributed by atoms with Gasteiger partial charge in [-0.15, -0.1) is 0 Å². The number of hydrogen-bond acceptors (Lipinski definition) is 4. The van der Waals surface area contributed by atoms with Crippen molar-refractivity contribution in [3.05, 3.63) is 35.5 Å². The molecule has 1 amide bonds. The van der Waals surface area contributed by atoms with E-state index in [1.165, 1.54) is 0 Å². The number of carbonyl (C=O) groups is 1. The van der Waals surface area contributed by atoms with E-state index in [1.54, 1.807) is 0 Å². The minimum Gasteiger partial charge on any atom is -0.374 e. The maximum absolute atomic E-state index is 11.2. The van der Waals surface area contributed by atoms with Crippen LogP contribution in [0.2, 0.25) is 0 Å². The van der Waals surface area contributed by atoms with E-state index in [4.69, 9.17) is 10.5 Å². The Hall–Kier alpha value is -2.21. The van der Waals surface area contributed by atoms with E-state index in [9.17, 15) is 4.79 Å². The van der Waals surface area contributed by atoms with Gasteiger partial charge in [0.2, 0.25) is 0 Å². The summed E-state index contributed by atoms with van der Waals surface area (Å²) in [4.78, 5) is 11.2. The number of nitrogens with two attached hydrogens (primary N) is 1.